The van der Waals surface area contributed by atoms with Crippen LogP contribution in [0.2, 0.25) is 0 Å². The highest BCUT2D eigenvalue weighted by Crippen LogP contribution is 1.90. The van der Waals surface area contributed by atoms with Gasteiger partial charge in [-0.25, -0.2) is 0 Å². The van der Waals surface area contributed by atoms with Crippen LogP contribution in [0.25, 0.3) is 0 Å². The largest absolute Gasteiger partial charge is 0.379 e. The van der Waals surface area contributed by atoms with Crippen LogP contribution in [0.3, 0.4) is 0 Å². The lowest BCUT2D eigenvalue weighted by molar-refractivity contribution is -0.130. The van der Waals surface area contributed by atoms with E-state index >= 15 is 0 Å². The summed E-state index contributed by atoms with van der Waals surface area (Å²) in [4.78, 5) is 12.9. The van der Waals surface area contributed by atoms with E-state index in [2.05, 4.69) is 6.92 Å². The summed E-state index contributed by atoms with van der Waals surface area (Å²) in [6, 6.07) is 0. The van der Waals surface area contributed by atoms with Crippen molar-refractivity contribution >= 4 is 5.91 Å². The van der Waals surface area contributed by atoms with E-state index in [4.69, 9.17) is 14.2 Å². The zero-order chi connectivity index (χ0) is 14.3. The number of hydrogen-bond donors (Lipinski definition) is 0. The highest BCUT2D eigenvalue weighted by atomic mass is 16.5. The summed E-state index contributed by atoms with van der Waals surface area (Å²) in [5, 5.41) is 0. The third kappa shape index (κ3) is 12.1. The van der Waals surface area contributed by atoms with Crippen LogP contribution in [0.5, 0.6) is 0 Å². The molecule has 0 unspecified atom stereocenters. The van der Waals surface area contributed by atoms with Gasteiger partial charge in [0.2, 0.25) is 5.91 Å². The first-order chi connectivity index (χ1) is 9.22. The second-order valence-corrected chi connectivity index (χ2v) is 4.36. The SMILES string of the molecule is CCCCOCCOCCOCCN(C)C(=O)CC. The number of amides is 1. The highest BCUT2D eigenvalue weighted by molar-refractivity contribution is 5.75. The molecule has 0 saturated heterocycles. The van der Waals surface area contributed by atoms with Gasteiger partial charge >= 0.3 is 0 Å². The van der Waals surface area contributed by atoms with Crippen LogP contribution in [0.15, 0.2) is 0 Å². The van der Waals surface area contributed by atoms with Gasteiger partial charge in [-0.15, -0.1) is 0 Å². The quantitative estimate of drug-likeness (QED) is 0.480. The highest BCUT2D eigenvalue weighted by Gasteiger charge is 2.04. The van der Waals surface area contributed by atoms with E-state index in [0.717, 1.165) is 19.4 Å². The Morgan fingerprint density at radius 1 is 0.895 bits per heavy atom. The molecular weight excluding hydrogens is 246 g/mol. The second kappa shape index (κ2) is 13.8. The molecule has 114 valence electrons. The Hall–Kier alpha value is -0.650. The maximum absolute atomic E-state index is 11.3. The summed E-state index contributed by atoms with van der Waals surface area (Å²) in [5.41, 5.74) is 0. The van der Waals surface area contributed by atoms with E-state index in [9.17, 15) is 4.79 Å². The van der Waals surface area contributed by atoms with Crippen molar-refractivity contribution < 1.29 is 19.0 Å². The number of carbonyl (C=O) groups excluding carboxylic acids is 1. The molecule has 5 heteroatoms. The molecular formula is C14H29NO4. The topological polar surface area (TPSA) is 48.0 Å². The third-order valence-corrected chi connectivity index (χ3v) is 2.69. The molecule has 0 fully saturated rings. The predicted molar refractivity (Wildman–Crippen MR) is 75.3 cm³/mol. The van der Waals surface area contributed by atoms with Crippen LogP contribution in [-0.4, -0.2) is 64.0 Å². The molecule has 0 radical (unpaired) electrons. The van der Waals surface area contributed by atoms with Crippen LogP contribution in [0.4, 0.5) is 0 Å². The molecule has 0 bridgehead atoms. The summed E-state index contributed by atoms with van der Waals surface area (Å²) >= 11 is 0. The molecule has 0 rings (SSSR count). The van der Waals surface area contributed by atoms with Crippen molar-refractivity contribution in [3.8, 4) is 0 Å². The van der Waals surface area contributed by atoms with Crippen molar-refractivity contribution in [3.63, 3.8) is 0 Å². The maximum Gasteiger partial charge on any atom is 0.222 e. The molecule has 0 heterocycles. The molecule has 0 aromatic rings. The van der Waals surface area contributed by atoms with E-state index < -0.39 is 0 Å². The number of ether oxygens (including phenoxy) is 3. The average Bonchev–Trinajstić information content (AvgIpc) is 2.43. The number of rotatable bonds is 13. The molecule has 1 amide bonds. The molecule has 0 aromatic heterocycles. The van der Waals surface area contributed by atoms with E-state index in [1.807, 2.05) is 6.92 Å². The van der Waals surface area contributed by atoms with Crippen molar-refractivity contribution in [2.24, 2.45) is 0 Å². The Balaban J connectivity index is 3.12. The number of unbranched alkanes of at least 4 members (excludes halogenated alkanes) is 1. The number of carbonyl (C=O) groups is 1. The van der Waals surface area contributed by atoms with Gasteiger partial charge in [-0.3, -0.25) is 4.79 Å². The first-order valence-corrected chi connectivity index (χ1v) is 7.19. The standard InChI is InChI=1S/C14H29NO4/c1-4-6-8-17-10-12-19-13-11-18-9-7-15(3)14(16)5-2/h4-13H2,1-3H3. The Kier molecular flexibility index (Phi) is 13.3. The molecule has 0 N–H and O–H groups in total. The molecule has 0 aromatic carbocycles. The lowest BCUT2D eigenvalue weighted by atomic mass is 10.4. The minimum absolute atomic E-state index is 0.143. The fraction of sp³-hybridized carbons (Fsp3) is 0.929. The van der Waals surface area contributed by atoms with Crippen molar-refractivity contribution in [1.29, 1.82) is 0 Å². The number of nitrogens with zero attached hydrogens (tertiary/aromatic N) is 1. The molecule has 0 spiro atoms. The third-order valence-electron chi connectivity index (χ3n) is 2.69. The van der Waals surface area contributed by atoms with Crippen molar-refractivity contribution in [3.05, 3.63) is 0 Å². The van der Waals surface area contributed by atoms with Gasteiger partial charge in [0.15, 0.2) is 0 Å². The Morgan fingerprint density at radius 2 is 1.42 bits per heavy atom. The van der Waals surface area contributed by atoms with Crippen molar-refractivity contribution in [2.75, 3.05) is 53.2 Å². The van der Waals surface area contributed by atoms with Gasteiger partial charge in [-0.2, -0.15) is 0 Å². The van der Waals surface area contributed by atoms with Gasteiger partial charge in [-0.1, -0.05) is 20.3 Å². The first kappa shape index (κ1) is 18.4. The van der Waals surface area contributed by atoms with Crippen LogP contribution in [-0.2, 0) is 19.0 Å². The Bertz CT molecular complexity index is 212. The van der Waals surface area contributed by atoms with E-state index in [1.165, 1.54) is 0 Å². The molecule has 0 saturated carbocycles. The molecule has 0 atom stereocenters. The van der Waals surface area contributed by atoms with Crippen LogP contribution in [0.1, 0.15) is 33.1 Å². The summed E-state index contributed by atoms with van der Waals surface area (Å²) in [5.74, 6) is 0.143. The van der Waals surface area contributed by atoms with Gasteiger partial charge in [0.25, 0.3) is 0 Å². The fourth-order valence-corrected chi connectivity index (χ4v) is 1.38. The lowest BCUT2D eigenvalue weighted by Crippen LogP contribution is -2.29. The van der Waals surface area contributed by atoms with Gasteiger partial charge < -0.3 is 19.1 Å². The van der Waals surface area contributed by atoms with Crippen LogP contribution >= 0.6 is 0 Å². The molecule has 19 heavy (non-hydrogen) atoms. The summed E-state index contributed by atoms with van der Waals surface area (Å²) < 4.78 is 16.1. The summed E-state index contributed by atoms with van der Waals surface area (Å²) in [6.45, 7) is 8.39. The zero-order valence-electron chi connectivity index (χ0n) is 12.7. The monoisotopic (exact) mass is 275 g/mol. The molecule has 0 aliphatic carbocycles. The summed E-state index contributed by atoms with van der Waals surface area (Å²) in [6.07, 6.45) is 2.80. The Morgan fingerprint density at radius 3 is 1.95 bits per heavy atom. The predicted octanol–water partition coefficient (Wildman–Crippen LogP) is 1.70. The van der Waals surface area contributed by atoms with Gasteiger partial charge in [0, 0.05) is 26.6 Å². The van der Waals surface area contributed by atoms with Crippen molar-refractivity contribution in [2.45, 2.75) is 33.1 Å². The maximum atomic E-state index is 11.3. The number of hydrogen-bond acceptors (Lipinski definition) is 4. The molecule has 0 aliphatic heterocycles. The van der Waals surface area contributed by atoms with Crippen LogP contribution in [0, 0.1) is 0 Å². The average molecular weight is 275 g/mol. The first-order valence-electron chi connectivity index (χ1n) is 7.19. The lowest BCUT2D eigenvalue weighted by Gasteiger charge is -2.16. The normalized spacial score (nSPS) is 10.7. The Labute approximate surface area is 117 Å². The van der Waals surface area contributed by atoms with Crippen LogP contribution < -0.4 is 0 Å². The van der Waals surface area contributed by atoms with E-state index in [0.29, 0.717) is 46.0 Å². The fourth-order valence-electron chi connectivity index (χ4n) is 1.38. The summed E-state index contributed by atoms with van der Waals surface area (Å²) in [7, 11) is 1.79. The van der Waals surface area contributed by atoms with Gasteiger partial charge in [0.05, 0.1) is 33.0 Å². The minimum Gasteiger partial charge on any atom is -0.379 e. The molecule has 5 nitrogen and oxygen atoms in total. The van der Waals surface area contributed by atoms with Gasteiger partial charge in [0.1, 0.15) is 0 Å². The molecule has 0 aliphatic rings. The number of likely N-dealkylation sites (N-methyl/N-ethyl adjacent to an activating group) is 1. The van der Waals surface area contributed by atoms with E-state index in [1.54, 1.807) is 11.9 Å². The minimum atomic E-state index is 0.143. The van der Waals surface area contributed by atoms with Gasteiger partial charge in [-0.05, 0) is 6.42 Å². The van der Waals surface area contributed by atoms with E-state index in [-0.39, 0.29) is 5.91 Å². The smallest absolute Gasteiger partial charge is 0.222 e. The van der Waals surface area contributed by atoms with Crippen molar-refractivity contribution in [1.82, 2.24) is 4.90 Å². The zero-order valence-corrected chi connectivity index (χ0v) is 12.7. The second-order valence-electron chi connectivity index (χ2n) is 4.36.